The van der Waals surface area contributed by atoms with Crippen LogP contribution in [0, 0.1) is 0 Å². The third-order valence-corrected chi connectivity index (χ3v) is 3.79. The second-order valence-electron chi connectivity index (χ2n) is 4.81. The lowest BCUT2D eigenvalue weighted by Gasteiger charge is -2.06. The maximum atomic E-state index is 12.2. The zero-order valence-corrected chi connectivity index (χ0v) is 13.7. The smallest absolute Gasteiger partial charge is 0.360 e. The molecular formula is C17H12BrNO4. The Balaban J connectivity index is 1.92. The van der Waals surface area contributed by atoms with Gasteiger partial charge in [0.2, 0.25) is 0 Å². The third kappa shape index (κ3) is 3.27. The zero-order chi connectivity index (χ0) is 16.4. The molecule has 116 valence electrons. The Labute approximate surface area is 140 Å². The molecule has 1 N–H and O–H groups in total. The quantitative estimate of drug-likeness (QED) is 0.708. The van der Waals surface area contributed by atoms with E-state index in [2.05, 4.69) is 21.2 Å². The standard InChI is InChI=1S/C17H12BrNO4/c1-22-13-5-2-10(3-6-13)16(20)19-14-9-11-8-12(18)4-7-15(11)23-17(14)21/h2-9H,1H3,(H,19,20). The van der Waals surface area contributed by atoms with Crippen LogP contribution in [0.3, 0.4) is 0 Å². The molecule has 6 heteroatoms. The number of nitrogens with one attached hydrogen (secondary N) is 1. The van der Waals surface area contributed by atoms with Gasteiger partial charge >= 0.3 is 5.63 Å². The van der Waals surface area contributed by atoms with Crippen LogP contribution in [-0.2, 0) is 0 Å². The summed E-state index contributed by atoms with van der Waals surface area (Å²) in [5.41, 5.74) is 0.373. The number of hydrogen-bond acceptors (Lipinski definition) is 4. The van der Waals surface area contributed by atoms with Crippen LogP contribution in [0.5, 0.6) is 5.75 Å². The molecule has 0 bridgehead atoms. The van der Waals surface area contributed by atoms with Gasteiger partial charge in [-0.1, -0.05) is 15.9 Å². The Kier molecular flexibility index (Phi) is 4.16. The van der Waals surface area contributed by atoms with E-state index in [0.717, 1.165) is 4.47 Å². The molecule has 3 rings (SSSR count). The lowest BCUT2D eigenvalue weighted by Crippen LogP contribution is -2.17. The monoisotopic (exact) mass is 373 g/mol. The van der Waals surface area contributed by atoms with Crippen LogP contribution in [0.4, 0.5) is 5.69 Å². The number of methoxy groups -OCH3 is 1. The number of rotatable bonds is 3. The molecular weight excluding hydrogens is 362 g/mol. The molecule has 1 heterocycles. The minimum atomic E-state index is -0.596. The molecule has 0 saturated carbocycles. The highest BCUT2D eigenvalue weighted by molar-refractivity contribution is 9.10. The first-order chi connectivity index (χ1) is 11.1. The van der Waals surface area contributed by atoms with Gasteiger partial charge in [0.1, 0.15) is 17.0 Å². The Morgan fingerprint density at radius 2 is 1.87 bits per heavy atom. The molecule has 0 atom stereocenters. The second-order valence-corrected chi connectivity index (χ2v) is 5.73. The summed E-state index contributed by atoms with van der Waals surface area (Å²) < 4.78 is 11.1. The highest BCUT2D eigenvalue weighted by atomic mass is 79.9. The minimum absolute atomic E-state index is 0.0939. The number of fused-ring (bicyclic) bond motifs is 1. The van der Waals surface area contributed by atoms with Gasteiger partial charge in [0.25, 0.3) is 5.91 Å². The van der Waals surface area contributed by atoms with E-state index in [1.807, 2.05) is 0 Å². The Morgan fingerprint density at radius 3 is 2.57 bits per heavy atom. The van der Waals surface area contributed by atoms with Crippen molar-refractivity contribution in [2.45, 2.75) is 0 Å². The van der Waals surface area contributed by atoms with Crippen molar-refractivity contribution in [3.63, 3.8) is 0 Å². The maximum Gasteiger partial charge on any atom is 0.360 e. The number of carbonyl (C=O) groups is 1. The van der Waals surface area contributed by atoms with Crippen molar-refractivity contribution in [2.75, 3.05) is 12.4 Å². The average molecular weight is 374 g/mol. The third-order valence-electron chi connectivity index (χ3n) is 3.29. The maximum absolute atomic E-state index is 12.2. The van der Waals surface area contributed by atoms with Gasteiger partial charge in [0.15, 0.2) is 0 Å². The van der Waals surface area contributed by atoms with E-state index in [0.29, 0.717) is 22.3 Å². The zero-order valence-electron chi connectivity index (χ0n) is 12.1. The summed E-state index contributed by atoms with van der Waals surface area (Å²) in [5.74, 6) is 0.255. The van der Waals surface area contributed by atoms with Crippen molar-refractivity contribution in [1.82, 2.24) is 0 Å². The molecule has 0 saturated heterocycles. The summed E-state index contributed by atoms with van der Waals surface area (Å²) in [5, 5.41) is 3.29. The van der Waals surface area contributed by atoms with Gasteiger partial charge in [0, 0.05) is 15.4 Å². The molecule has 2 aromatic carbocycles. The number of carbonyl (C=O) groups excluding carboxylic acids is 1. The van der Waals surface area contributed by atoms with Crippen molar-refractivity contribution < 1.29 is 13.9 Å². The Morgan fingerprint density at radius 1 is 1.13 bits per heavy atom. The number of ether oxygens (including phenoxy) is 1. The van der Waals surface area contributed by atoms with Crippen molar-refractivity contribution in [1.29, 1.82) is 0 Å². The summed E-state index contributed by atoms with van der Waals surface area (Å²) >= 11 is 3.36. The van der Waals surface area contributed by atoms with Gasteiger partial charge < -0.3 is 14.5 Å². The van der Waals surface area contributed by atoms with Gasteiger partial charge in [0.05, 0.1) is 7.11 Å². The van der Waals surface area contributed by atoms with Gasteiger partial charge in [-0.15, -0.1) is 0 Å². The Bertz CT molecular complexity index is 931. The number of amides is 1. The summed E-state index contributed by atoms with van der Waals surface area (Å²) in [4.78, 5) is 24.2. The SMILES string of the molecule is COc1ccc(C(=O)Nc2cc3cc(Br)ccc3oc2=O)cc1. The molecule has 0 fully saturated rings. The molecule has 1 amide bonds. The van der Waals surface area contributed by atoms with Gasteiger partial charge in [-0.05, 0) is 48.5 Å². The van der Waals surface area contributed by atoms with Crippen molar-refractivity contribution in [3.05, 3.63) is 69.0 Å². The predicted octanol–water partition coefficient (Wildman–Crippen LogP) is 3.82. The van der Waals surface area contributed by atoms with Crippen LogP contribution in [-0.4, -0.2) is 13.0 Å². The van der Waals surface area contributed by atoms with Crippen molar-refractivity contribution in [2.24, 2.45) is 0 Å². The number of anilines is 1. The molecule has 5 nitrogen and oxygen atoms in total. The number of hydrogen-bond donors (Lipinski definition) is 1. The van der Waals surface area contributed by atoms with Crippen LogP contribution in [0.2, 0.25) is 0 Å². The summed E-state index contributed by atoms with van der Waals surface area (Å²) in [7, 11) is 1.55. The summed E-state index contributed by atoms with van der Waals surface area (Å²) in [6, 6.07) is 13.5. The minimum Gasteiger partial charge on any atom is -0.497 e. The lowest BCUT2D eigenvalue weighted by molar-refractivity contribution is 0.102. The van der Waals surface area contributed by atoms with Gasteiger partial charge in [-0.2, -0.15) is 0 Å². The molecule has 0 aliphatic heterocycles. The summed E-state index contributed by atoms with van der Waals surface area (Å²) in [6.07, 6.45) is 0. The fourth-order valence-electron chi connectivity index (χ4n) is 2.12. The molecule has 0 unspecified atom stereocenters. The van der Waals surface area contributed by atoms with E-state index in [-0.39, 0.29) is 5.69 Å². The molecule has 3 aromatic rings. The second kappa shape index (κ2) is 6.26. The van der Waals surface area contributed by atoms with Crippen LogP contribution in [0.25, 0.3) is 11.0 Å². The molecule has 23 heavy (non-hydrogen) atoms. The average Bonchev–Trinajstić information content (AvgIpc) is 2.56. The highest BCUT2D eigenvalue weighted by Crippen LogP contribution is 2.21. The molecule has 1 aromatic heterocycles. The molecule has 0 aliphatic carbocycles. The number of halogens is 1. The largest absolute Gasteiger partial charge is 0.497 e. The lowest BCUT2D eigenvalue weighted by atomic mass is 10.2. The molecule has 0 radical (unpaired) electrons. The first-order valence-corrected chi connectivity index (χ1v) is 7.55. The summed E-state index contributed by atoms with van der Waals surface area (Å²) in [6.45, 7) is 0. The number of benzene rings is 2. The fourth-order valence-corrected chi connectivity index (χ4v) is 2.50. The predicted molar refractivity (Wildman–Crippen MR) is 91.1 cm³/mol. The van der Waals surface area contributed by atoms with E-state index in [1.165, 1.54) is 0 Å². The molecule has 0 aliphatic rings. The topological polar surface area (TPSA) is 68.5 Å². The van der Waals surface area contributed by atoms with Crippen LogP contribution in [0.15, 0.2) is 62.2 Å². The van der Waals surface area contributed by atoms with Crippen molar-refractivity contribution >= 4 is 38.5 Å². The highest BCUT2D eigenvalue weighted by Gasteiger charge is 2.11. The van der Waals surface area contributed by atoms with E-state index in [1.54, 1.807) is 55.6 Å². The van der Waals surface area contributed by atoms with E-state index < -0.39 is 11.5 Å². The van der Waals surface area contributed by atoms with E-state index in [9.17, 15) is 9.59 Å². The van der Waals surface area contributed by atoms with Gasteiger partial charge in [-0.3, -0.25) is 4.79 Å². The van der Waals surface area contributed by atoms with Crippen LogP contribution < -0.4 is 15.7 Å². The van der Waals surface area contributed by atoms with Crippen LogP contribution >= 0.6 is 15.9 Å². The first-order valence-electron chi connectivity index (χ1n) is 6.75. The first kappa shape index (κ1) is 15.3. The van der Waals surface area contributed by atoms with E-state index in [4.69, 9.17) is 9.15 Å². The van der Waals surface area contributed by atoms with E-state index >= 15 is 0 Å². The normalized spacial score (nSPS) is 10.5. The van der Waals surface area contributed by atoms with Gasteiger partial charge in [-0.25, -0.2) is 4.79 Å². The molecule has 0 spiro atoms. The van der Waals surface area contributed by atoms with Crippen molar-refractivity contribution in [3.8, 4) is 5.75 Å². The fraction of sp³-hybridized carbons (Fsp3) is 0.0588. The van der Waals surface area contributed by atoms with Crippen LogP contribution in [0.1, 0.15) is 10.4 Å². The Hall–Kier alpha value is -2.60.